The molecule has 0 heterocycles. The number of unbranched alkanes of at least 4 members (excludes halogenated alkanes) is 1. The van der Waals surface area contributed by atoms with Crippen molar-refractivity contribution < 1.29 is 85.9 Å². The smallest absolute Gasteiger partial charge is 0.407 e. The summed E-state index contributed by atoms with van der Waals surface area (Å²) >= 11 is 0. The van der Waals surface area contributed by atoms with Crippen molar-refractivity contribution in [2.45, 2.75) is 44.1 Å². The Labute approximate surface area is 418 Å². The molecule has 0 unspecified atom stereocenters. The highest BCUT2D eigenvalue weighted by molar-refractivity contribution is 5.86. The normalized spacial score (nSPS) is 12.4. The van der Waals surface area contributed by atoms with E-state index in [1.165, 1.54) is 0 Å². The monoisotopic (exact) mass is 1010 g/mol. The van der Waals surface area contributed by atoms with Crippen LogP contribution in [0.1, 0.15) is 49.1 Å². The zero-order valence-corrected chi connectivity index (χ0v) is 41.6. The summed E-state index contributed by atoms with van der Waals surface area (Å²) in [5.41, 5.74) is 4.32. The number of carboxylic acid groups (broad SMARTS) is 1. The predicted molar refractivity (Wildman–Crippen MR) is 260 cm³/mol. The van der Waals surface area contributed by atoms with Crippen LogP contribution in [-0.4, -0.2) is 214 Å². The first-order valence-electron chi connectivity index (χ1n) is 24.6. The first-order valence-corrected chi connectivity index (χ1v) is 24.6. The van der Waals surface area contributed by atoms with Gasteiger partial charge in [0.25, 0.3) is 0 Å². The summed E-state index contributed by atoms with van der Waals surface area (Å²) in [6, 6.07) is 15.0. The number of alkyl carbamates (subject to hydrolysis) is 1. The van der Waals surface area contributed by atoms with Gasteiger partial charge in [0.05, 0.1) is 158 Å². The number of aliphatic carboxylic acids is 1. The molecule has 1 atom stereocenters. The fourth-order valence-electron chi connectivity index (χ4n) is 6.86. The lowest BCUT2D eigenvalue weighted by molar-refractivity contribution is -0.137. The highest BCUT2D eigenvalue weighted by atomic mass is 16.6. The van der Waals surface area contributed by atoms with Gasteiger partial charge in [0.1, 0.15) is 12.6 Å². The van der Waals surface area contributed by atoms with E-state index in [2.05, 4.69) is 16.0 Å². The SMILES string of the molecule is COCCOCCOCCOCCOCCOCCOCCOCCOCCOCCOCCOCCC(=O)NCCCC[C@H](NC(=O)OCC1c2ccccc2-c2ccccc21)C(=O)NCCC(=O)O. The lowest BCUT2D eigenvalue weighted by Gasteiger charge is -2.20. The molecule has 3 rings (SSSR count). The number of hydrogen-bond acceptors (Lipinski definition) is 17. The molecule has 2 aromatic carbocycles. The predicted octanol–water partition coefficient (Wildman–Crippen LogP) is 2.99. The number of ether oxygens (including phenoxy) is 13. The molecule has 402 valence electrons. The minimum atomic E-state index is -1.05. The van der Waals surface area contributed by atoms with Gasteiger partial charge in [-0.3, -0.25) is 14.4 Å². The molecule has 71 heavy (non-hydrogen) atoms. The highest BCUT2D eigenvalue weighted by Gasteiger charge is 2.30. The van der Waals surface area contributed by atoms with E-state index in [-0.39, 0.29) is 50.8 Å². The first kappa shape index (κ1) is 60.9. The second-order valence-corrected chi connectivity index (χ2v) is 15.8. The molecule has 0 spiro atoms. The maximum atomic E-state index is 13.0. The van der Waals surface area contributed by atoms with Crippen molar-refractivity contribution in [1.29, 1.82) is 0 Å². The maximum absolute atomic E-state index is 13.0. The summed E-state index contributed by atoms with van der Waals surface area (Å²) in [5.74, 6) is -1.88. The van der Waals surface area contributed by atoms with E-state index < -0.39 is 24.0 Å². The van der Waals surface area contributed by atoms with Gasteiger partial charge in [0.2, 0.25) is 11.8 Å². The summed E-state index contributed by atoms with van der Waals surface area (Å²) in [6.45, 7) is 11.0. The van der Waals surface area contributed by atoms with Crippen molar-refractivity contribution in [2.75, 3.05) is 179 Å². The van der Waals surface area contributed by atoms with Gasteiger partial charge in [-0.1, -0.05) is 48.5 Å². The van der Waals surface area contributed by atoms with Gasteiger partial charge in [-0.25, -0.2) is 4.79 Å². The van der Waals surface area contributed by atoms with E-state index in [1.54, 1.807) is 7.11 Å². The van der Waals surface area contributed by atoms with Crippen molar-refractivity contribution in [3.63, 3.8) is 0 Å². The zero-order valence-electron chi connectivity index (χ0n) is 41.6. The first-order chi connectivity index (χ1) is 34.9. The molecule has 4 N–H and O–H groups in total. The number of rotatable bonds is 48. The molecule has 0 saturated heterocycles. The Morgan fingerprint density at radius 3 is 1.30 bits per heavy atom. The third-order valence-electron chi connectivity index (χ3n) is 10.5. The molecule has 0 radical (unpaired) electrons. The van der Waals surface area contributed by atoms with E-state index in [4.69, 9.17) is 66.7 Å². The number of hydrogen-bond donors (Lipinski definition) is 4. The van der Waals surface area contributed by atoms with Crippen LogP contribution in [0.3, 0.4) is 0 Å². The molecule has 1 aliphatic rings. The second kappa shape index (κ2) is 42.2. The molecule has 0 bridgehead atoms. The van der Waals surface area contributed by atoms with Crippen molar-refractivity contribution >= 4 is 23.9 Å². The highest BCUT2D eigenvalue weighted by Crippen LogP contribution is 2.44. The summed E-state index contributed by atoms with van der Waals surface area (Å²) in [5, 5.41) is 17.0. The second-order valence-electron chi connectivity index (χ2n) is 15.8. The number of amides is 3. The Balaban J connectivity index is 1.05. The molecular formula is C50H79N3O18. The minimum absolute atomic E-state index is 0.0785. The van der Waals surface area contributed by atoms with Gasteiger partial charge < -0.3 is 82.6 Å². The maximum Gasteiger partial charge on any atom is 0.407 e. The molecule has 3 amide bonds. The average Bonchev–Trinajstić information content (AvgIpc) is 3.69. The van der Waals surface area contributed by atoms with Crippen LogP contribution in [0.2, 0.25) is 0 Å². The van der Waals surface area contributed by atoms with Crippen molar-refractivity contribution in [1.82, 2.24) is 16.0 Å². The number of carbonyl (C=O) groups is 4. The average molecular weight is 1010 g/mol. The number of carbonyl (C=O) groups excluding carboxylic acids is 3. The molecule has 0 saturated carbocycles. The fraction of sp³-hybridized carbons (Fsp3) is 0.680. The Kier molecular flexibility index (Phi) is 36.2. The number of carboxylic acids is 1. The summed E-state index contributed by atoms with van der Waals surface area (Å²) in [4.78, 5) is 49.2. The molecule has 0 fully saturated rings. The van der Waals surface area contributed by atoms with Gasteiger partial charge in [0.15, 0.2) is 0 Å². The number of nitrogens with one attached hydrogen (secondary N) is 3. The van der Waals surface area contributed by atoms with E-state index >= 15 is 0 Å². The van der Waals surface area contributed by atoms with Gasteiger partial charge >= 0.3 is 12.1 Å². The number of methoxy groups -OCH3 is 1. The number of fused-ring (bicyclic) bond motifs is 3. The molecule has 2 aromatic rings. The van der Waals surface area contributed by atoms with Crippen molar-refractivity contribution in [3.05, 3.63) is 59.7 Å². The van der Waals surface area contributed by atoms with Crippen LogP contribution in [0.25, 0.3) is 11.1 Å². The molecule has 1 aliphatic carbocycles. The number of benzene rings is 2. The zero-order chi connectivity index (χ0) is 50.7. The Bertz CT molecular complexity index is 1650. The fourth-order valence-corrected chi connectivity index (χ4v) is 6.86. The summed E-state index contributed by atoms with van der Waals surface area (Å²) < 4.78 is 70.7. The molecular weight excluding hydrogens is 931 g/mol. The van der Waals surface area contributed by atoms with E-state index in [0.717, 1.165) is 22.3 Å². The van der Waals surface area contributed by atoms with Crippen LogP contribution in [0.15, 0.2) is 48.5 Å². The topological polar surface area (TPSA) is 245 Å². The molecule has 21 nitrogen and oxygen atoms in total. The van der Waals surface area contributed by atoms with Crippen LogP contribution in [-0.2, 0) is 76.0 Å². The minimum Gasteiger partial charge on any atom is -0.481 e. The van der Waals surface area contributed by atoms with E-state index in [9.17, 15) is 19.2 Å². The van der Waals surface area contributed by atoms with Gasteiger partial charge in [0, 0.05) is 32.5 Å². The van der Waals surface area contributed by atoms with Crippen molar-refractivity contribution in [2.24, 2.45) is 0 Å². The summed E-state index contributed by atoms with van der Waals surface area (Å²) in [6.07, 6.45) is 0.483. The van der Waals surface area contributed by atoms with Crippen molar-refractivity contribution in [3.8, 4) is 11.1 Å². The quantitative estimate of drug-likeness (QED) is 0.0697. The third-order valence-corrected chi connectivity index (χ3v) is 10.5. The molecule has 0 aliphatic heterocycles. The van der Waals surface area contributed by atoms with Crippen LogP contribution < -0.4 is 16.0 Å². The van der Waals surface area contributed by atoms with Gasteiger partial charge in [-0.05, 0) is 41.5 Å². The molecule has 21 heteroatoms. The van der Waals surface area contributed by atoms with E-state index in [1.807, 2.05) is 48.5 Å². The Hall–Kier alpha value is -4.36. The molecule has 0 aromatic heterocycles. The Morgan fingerprint density at radius 2 is 0.887 bits per heavy atom. The standard InChI is InChI=1S/C50H79N3O18/c1-59-18-19-61-22-23-63-26-27-65-30-31-67-34-35-69-38-39-70-37-36-68-33-32-66-29-28-64-25-24-62-21-20-60-17-14-47(54)51-15-7-6-12-46(49(57)52-16-13-48(55)56)53-50(58)71-40-45-43-10-4-2-8-41(43)42-9-3-5-11-44(42)45/h2-5,8-11,45-46H,6-7,12-40H2,1H3,(H,51,54)(H,52,57)(H,53,58)(H,55,56)/t46-/m0/s1. The van der Waals surface area contributed by atoms with Gasteiger partial charge in [-0.2, -0.15) is 0 Å². The lowest BCUT2D eigenvalue weighted by Crippen LogP contribution is -2.47. The largest absolute Gasteiger partial charge is 0.481 e. The van der Waals surface area contributed by atoms with Crippen LogP contribution in [0.4, 0.5) is 4.79 Å². The van der Waals surface area contributed by atoms with Crippen LogP contribution in [0, 0.1) is 0 Å². The van der Waals surface area contributed by atoms with Crippen LogP contribution >= 0.6 is 0 Å². The Morgan fingerprint density at radius 1 is 0.493 bits per heavy atom. The van der Waals surface area contributed by atoms with Gasteiger partial charge in [-0.15, -0.1) is 0 Å². The summed E-state index contributed by atoms with van der Waals surface area (Å²) in [7, 11) is 1.64. The van der Waals surface area contributed by atoms with Crippen LogP contribution in [0.5, 0.6) is 0 Å². The third kappa shape index (κ3) is 30.3. The van der Waals surface area contributed by atoms with E-state index in [0.29, 0.717) is 165 Å². The lowest BCUT2D eigenvalue weighted by atomic mass is 9.98.